The highest BCUT2D eigenvalue weighted by Gasteiger charge is 2.24. The van der Waals surface area contributed by atoms with Crippen molar-refractivity contribution in [3.8, 4) is 0 Å². The number of hydrogen-bond acceptors (Lipinski definition) is 2. The maximum absolute atomic E-state index is 4.05. The molecule has 1 aromatic rings. The molecule has 3 unspecified atom stereocenters. The van der Waals surface area contributed by atoms with Crippen molar-refractivity contribution in [2.24, 2.45) is 11.8 Å². The van der Waals surface area contributed by atoms with E-state index in [4.69, 9.17) is 0 Å². The van der Waals surface area contributed by atoms with Gasteiger partial charge >= 0.3 is 0 Å². The van der Waals surface area contributed by atoms with Gasteiger partial charge in [-0.15, -0.1) is 0 Å². The summed E-state index contributed by atoms with van der Waals surface area (Å²) in [5.74, 6) is 1.76. The molecule has 1 saturated carbocycles. The summed E-state index contributed by atoms with van der Waals surface area (Å²) in [4.78, 5) is 4.05. The number of imidazole rings is 1. The second-order valence-corrected chi connectivity index (χ2v) is 5.61. The normalized spacial score (nSPS) is 29.4. The van der Waals surface area contributed by atoms with Crippen molar-refractivity contribution in [1.82, 2.24) is 14.9 Å². The second-order valence-electron chi connectivity index (χ2n) is 5.61. The average Bonchev–Trinajstić information content (AvgIpc) is 2.79. The first-order chi connectivity index (χ1) is 8.25. The van der Waals surface area contributed by atoms with E-state index in [0.717, 1.165) is 31.0 Å². The lowest BCUT2D eigenvalue weighted by Gasteiger charge is -2.33. The van der Waals surface area contributed by atoms with E-state index in [2.05, 4.69) is 28.7 Å². The lowest BCUT2D eigenvalue weighted by atomic mass is 9.80. The van der Waals surface area contributed by atoms with Gasteiger partial charge in [-0.05, 0) is 44.1 Å². The lowest BCUT2D eigenvalue weighted by Crippen LogP contribution is -2.39. The van der Waals surface area contributed by atoms with E-state index in [9.17, 15) is 0 Å². The Hall–Kier alpha value is -0.830. The summed E-state index contributed by atoms with van der Waals surface area (Å²) < 4.78 is 2.15. The van der Waals surface area contributed by atoms with Gasteiger partial charge in [-0.25, -0.2) is 4.98 Å². The average molecular weight is 235 g/mol. The molecule has 0 radical (unpaired) electrons. The quantitative estimate of drug-likeness (QED) is 0.795. The summed E-state index contributed by atoms with van der Waals surface area (Å²) in [6.07, 6.45) is 11.1. The van der Waals surface area contributed by atoms with Gasteiger partial charge in [-0.1, -0.05) is 13.8 Å². The molecule has 96 valence electrons. The van der Waals surface area contributed by atoms with Crippen LogP contribution in [0.4, 0.5) is 0 Å². The van der Waals surface area contributed by atoms with Crippen molar-refractivity contribution in [3.05, 3.63) is 18.7 Å². The van der Waals surface area contributed by atoms with Crippen molar-refractivity contribution in [2.75, 3.05) is 6.54 Å². The van der Waals surface area contributed by atoms with Gasteiger partial charge in [-0.3, -0.25) is 0 Å². The van der Waals surface area contributed by atoms with Crippen molar-refractivity contribution in [2.45, 2.75) is 52.1 Å². The molecule has 3 nitrogen and oxygen atoms in total. The molecule has 3 atom stereocenters. The smallest absolute Gasteiger partial charge is 0.0945 e. The van der Waals surface area contributed by atoms with E-state index in [1.165, 1.54) is 25.7 Å². The zero-order chi connectivity index (χ0) is 12.1. The summed E-state index contributed by atoms with van der Waals surface area (Å²) in [7, 11) is 0. The van der Waals surface area contributed by atoms with Gasteiger partial charge in [0.2, 0.25) is 0 Å². The van der Waals surface area contributed by atoms with Gasteiger partial charge in [0.05, 0.1) is 6.33 Å². The number of hydrogen-bond donors (Lipinski definition) is 1. The monoisotopic (exact) mass is 235 g/mol. The van der Waals surface area contributed by atoms with Gasteiger partial charge in [0.15, 0.2) is 0 Å². The van der Waals surface area contributed by atoms with Crippen LogP contribution in [0, 0.1) is 11.8 Å². The molecule has 0 aliphatic heterocycles. The van der Waals surface area contributed by atoms with Crippen molar-refractivity contribution < 1.29 is 0 Å². The van der Waals surface area contributed by atoms with Crippen LogP contribution in [0.3, 0.4) is 0 Å². The Morgan fingerprint density at radius 1 is 1.35 bits per heavy atom. The summed E-state index contributed by atoms with van der Waals surface area (Å²) in [5.41, 5.74) is 0. The Bertz CT molecular complexity index is 307. The SMILES string of the molecule is CC1CCC(NCCCn2ccnc2)C(C)C1. The van der Waals surface area contributed by atoms with Crippen LogP contribution in [0.1, 0.15) is 39.5 Å². The first kappa shape index (κ1) is 12.6. The van der Waals surface area contributed by atoms with Gasteiger partial charge in [-0.2, -0.15) is 0 Å². The molecular formula is C14H25N3. The summed E-state index contributed by atoms with van der Waals surface area (Å²) in [6, 6.07) is 0.744. The van der Waals surface area contributed by atoms with Crippen molar-refractivity contribution >= 4 is 0 Å². The molecule has 17 heavy (non-hydrogen) atoms. The molecule has 0 spiro atoms. The minimum Gasteiger partial charge on any atom is -0.337 e. The Balaban J connectivity index is 1.61. The maximum atomic E-state index is 4.05. The minimum atomic E-state index is 0.744. The molecule has 1 heterocycles. The fourth-order valence-corrected chi connectivity index (χ4v) is 2.94. The van der Waals surface area contributed by atoms with Crippen LogP contribution >= 0.6 is 0 Å². The molecule has 0 bridgehead atoms. The van der Waals surface area contributed by atoms with Crippen LogP contribution in [0.15, 0.2) is 18.7 Å². The van der Waals surface area contributed by atoms with Crippen LogP contribution in [-0.2, 0) is 6.54 Å². The predicted molar refractivity (Wildman–Crippen MR) is 70.8 cm³/mol. The minimum absolute atomic E-state index is 0.744. The summed E-state index contributed by atoms with van der Waals surface area (Å²) >= 11 is 0. The van der Waals surface area contributed by atoms with Crippen LogP contribution in [0.2, 0.25) is 0 Å². The van der Waals surface area contributed by atoms with E-state index >= 15 is 0 Å². The summed E-state index contributed by atoms with van der Waals surface area (Å²) in [5, 5.41) is 3.72. The Kier molecular flexibility index (Phi) is 4.60. The van der Waals surface area contributed by atoms with E-state index < -0.39 is 0 Å². The molecule has 0 amide bonds. The number of aromatic nitrogens is 2. The highest BCUT2D eigenvalue weighted by Crippen LogP contribution is 2.28. The zero-order valence-corrected chi connectivity index (χ0v) is 11.1. The van der Waals surface area contributed by atoms with Crippen LogP contribution in [0.5, 0.6) is 0 Å². The third-order valence-corrected chi connectivity index (χ3v) is 3.99. The largest absolute Gasteiger partial charge is 0.337 e. The van der Waals surface area contributed by atoms with Crippen LogP contribution < -0.4 is 5.32 Å². The van der Waals surface area contributed by atoms with Gasteiger partial charge in [0.1, 0.15) is 0 Å². The van der Waals surface area contributed by atoms with Crippen LogP contribution in [0.25, 0.3) is 0 Å². The molecule has 3 heteroatoms. The predicted octanol–water partition coefficient (Wildman–Crippen LogP) is 2.69. The first-order valence-electron chi connectivity index (χ1n) is 6.95. The lowest BCUT2D eigenvalue weighted by molar-refractivity contribution is 0.227. The van der Waals surface area contributed by atoms with E-state index in [1.54, 1.807) is 0 Å². The fraction of sp³-hybridized carbons (Fsp3) is 0.786. The standard InChI is InChI=1S/C14H25N3/c1-12-4-5-14(13(2)10-12)16-6-3-8-17-9-7-15-11-17/h7,9,11-14,16H,3-6,8,10H2,1-2H3. The molecular weight excluding hydrogens is 210 g/mol. The molecule has 2 rings (SSSR count). The molecule has 1 aliphatic rings. The van der Waals surface area contributed by atoms with Gasteiger partial charge in [0.25, 0.3) is 0 Å². The third-order valence-electron chi connectivity index (χ3n) is 3.99. The Morgan fingerprint density at radius 3 is 2.94 bits per heavy atom. The Labute approximate surface area is 105 Å². The number of aryl methyl sites for hydroxylation is 1. The molecule has 0 saturated heterocycles. The molecule has 1 N–H and O–H groups in total. The summed E-state index contributed by atoms with van der Waals surface area (Å²) in [6.45, 7) is 6.97. The first-order valence-corrected chi connectivity index (χ1v) is 6.95. The molecule has 1 aliphatic carbocycles. The highest BCUT2D eigenvalue weighted by atomic mass is 15.0. The van der Waals surface area contributed by atoms with Crippen molar-refractivity contribution in [3.63, 3.8) is 0 Å². The van der Waals surface area contributed by atoms with E-state index in [0.29, 0.717) is 0 Å². The molecule has 1 aromatic heterocycles. The Morgan fingerprint density at radius 2 is 2.24 bits per heavy atom. The van der Waals surface area contributed by atoms with E-state index in [1.807, 2.05) is 18.7 Å². The number of rotatable bonds is 5. The fourth-order valence-electron chi connectivity index (χ4n) is 2.94. The molecule has 1 fully saturated rings. The van der Waals surface area contributed by atoms with Gasteiger partial charge < -0.3 is 9.88 Å². The zero-order valence-electron chi connectivity index (χ0n) is 11.1. The number of nitrogens with one attached hydrogen (secondary N) is 1. The third kappa shape index (κ3) is 3.84. The van der Waals surface area contributed by atoms with Crippen molar-refractivity contribution in [1.29, 1.82) is 0 Å². The molecule has 0 aromatic carbocycles. The topological polar surface area (TPSA) is 29.9 Å². The van der Waals surface area contributed by atoms with Gasteiger partial charge in [0, 0.05) is 25.0 Å². The second kappa shape index (κ2) is 6.20. The number of nitrogens with zero attached hydrogens (tertiary/aromatic N) is 2. The van der Waals surface area contributed by atoms with E-state index in [-0.39, 0.29) is 0 Å². The highest BCUT2D eigenvalue weighted by molar-refractivity contribution is 4.81. The van der Waals surface area contributed by atoms with Crippen LogP contribution in [-0.4, -0.2) is 22.1 Å². The maximum Gasteiger partial charge on any atom is 0.0945 e.